The lowest BCUT2D eigenvalue weighted by Crippen LogP contribution is -2.40. The summed E-state index contributed by atoms with van der Waals surface area (Å²) in [6.45, 7) is 5.86. The third kappa shape index (κ3) is 7.02. The van der Waals surface area contributed by atoms with Crippen molar-refractivity contribution in [2.75, 3.05) is 32.9 Å². The molecular formula is C22H31N3O3. The molecule has 0 aliphatic carbocycles. The van der Waals surface area contributed by atoms with Gasteiger partial charge in [-0.1, -0.05) is 30.3 Å². The maximum absolute atomic E-state index is 5.82. The van der Waals surface area contributed by atoms with Gasteiger partial charge in [-0.3, -0.25) is 4.99 Å². The summed E-state index contributed by atoms with van der Waals surface area (Å²) in [6.07, 6.45) is 4.67. The van der Waals surface area contributed by atoms with Crippen LogP contribution in [0.25, 0.3) is 0 Å². The predicted octanol–water partition coefficient (Wildman–Crippen LogP) is 3.31. The zero-order valence-electron chi connectivity index (χ0n) is 16.6. The van der Waals surface area contributed by atoms with Crippen molar-refractivity contribution in [3.63, 3.8) is 0 Å². The minimum Gasteiger partial charge on any atom is -0.469 e. The standard InChI is InChI=1S/C22H31N3O3/c1-18(19-7-3-2-4-8-19)25-22(24-13-10-20-9-5-14-27-20)23-12-6-15-28-21-11-16-26-17-21/h2-5,7-9,14,18,21H,6,10-13,15-17H2,1H3,(H2,23,24,25). The Hall–Kier alpha value is -2.31. The molecule has 1 fully saturated rings. The van der Waals surface area contributed by atoms with Crippen molar-refractivity contribution in [1.29, 1.82) is 0 Å². The number of furan rings is 1. The molecular weight excluding hydrogens is 354 g/mol. The van der Waals surface area contributed by atoms with Gasteiger partial charge in [0.25, 0.3) is 0 Å². The minimum atomic E-state index is 0.169. The highest BCUT2D eigenvalue weighted by Gasteiger charge is 2.15. The van der Waals surface area contributed by atoms with Crippen LogP contribution in [-0.2, 0) is 15.9 Å². The quantitative estimate of drug-likeness (QED) is 0.373. The van der Waals surface area contributed by atoms with Gasteiger partial charge in [0, 0.05) is 32.7 Å². The minimum absolute atomic E-state index is 0.169. The Morgan fingerprint density at radius 3 is 2.89 bits per heavy atom. The molecule has 2 unspecified atom stereocenters. The number of nitrogens with zero attached hydrogens (tertiary/aromatic N) is 1. The SMILES string of the molecule is CC(NC(=NCCCOC1CCOC1)NCCc1ccco1)c1ccccc1. The summed E-state index contributed by atoms with van der Waals surface area (Å²) in [4.78, 5) is 4.72. The summed E-state index contributed by atoms with van der Waals surface area (Å²) in [5, 5.41) is 6.90. The topological polar surface area (TPSA) is 68.0 Å². The molecule has 6 nitrogen and oxygen atoms in total. The van der Waals surface area contributed by atoms with Crippen LogP contribution in [0.3, 0.4) is 0 Å². The molecule has 6 heteroatoms. The van der Waals surface area contributed by atoms with Crippen LogP contribution in [-0.4, -0.2) is 45.0 Å². The van der Waals surface area contributed by atoms with Crippen LogP contribution in [0.2, 0.25) is 0 Å². The van der Waals surface area contributed by atoms with E-state index >= 15 is 0 Å². The van der Waals surface area contributed by atoms with Gasteiger partial charge in [-0.25, -0.2) is 0 Å². The molecule has 2 N–H and O–H groups in total. The zero-order valence-corrected chi connectivity index (χ0v) is 16.6. The van der Waals surface area contributed by atoms with E-state index < -0.39 is 0 Å². The summed E-state index contributed by atoms with van der Waals surface area (Å²) in [7, 11) is 0. The third-order valence-corrected chi connectivity index (χ3v) is 4.71. The number of hydrogen-bond acceptors (Lipinski definition) is 4. The van der Waals surface area contributed by atoms with E-state index in [1.54, 1.807) is 6.26 Å². The van der Waals surface area contributed by atoms with Gasteiger partial charge in [0.2, 0.25) is 0 Å². The lowest BCUT2D eigenvalue weighted by Gasteiger charge is -2.19. The van der Waals surface area contributed by atoms with Gasteiger partial charge in [0.15, 0.2) is 5.96 Å². The summed E-state index contributed by atoms with van der Waals surface area (Å²) in [5.74, 6) is 1.78. The highest BCUT2D eigenvalue weighted by molar-refractivity contribution is 5.80. The molecule has 1 aliphatic rings. The van der Waals surface area contributed by atoms with Gasteiger partial charge in [-0.05, 0) is 37.5 Å². The molecule has 1 aromatic heterocycles. The van der Waals surface area contributed by atoms with Crippen molar-refractivity contribution < 1.29 is 13.9 Å². The molecule has 3 rings (SSSR count). The van der Waals surface area contributed by atoms with Crippen LogP contribution >= 0.6 is 0 Å². The molecule has 1 aromatic carbocycles. The normalized spacial score (nSPS) is 18.2. The summed E-state index contributed by atoms with van der Waals surface area (Å²) in [5.41, 5.74) is 1.23. The Kier molecular flexibility index (Phi) is 8.40. The van der Waals surface area contributed by atoms with Crippen LogP contribution < -0.4 is 10.6 Å². The second-order valence-corrected chi connectivity index (χ2v) is 6.97. The molecule has 0 spiro atoms. The molecule has 1 aliphatic heterocycles. The van der Waals surface area contributed by atoms with Gasteiger partial charge in [-0.2, -0.15) is 0 Å². The van der Waals surface area contributed by atoms with Crippen LogP contribution in [0, 0.1) is 0 Å². The molecule has 152 valence electrons. The maximum atomic E-state index is 5.82. The van der Waals surface area contributed by atoms with Crippen LogP contribution in [0.15, 0.2) is 58.1 Å². The number of nitrogens with one attached hydrogen (secondary N) is 2. The molecule has 0 saturated carbocycles. The number of aliphatic imine (C=N–C) groups is 1. The molecule has 0 bridgehead atoms. The molecule has 28 heavy (non-hydrogen) atoms. The van der Waals surface area contributed by atoms with E-state index in [0.29, 0.717) is 13.2 Å². The Morgan fingerprint density at radius 2 is 2.14 bits per heavy atom. The Morgan fingerprint density at radius 1 is 1.25 bits per heavy atom. The van der Waals surface area contributed by atoms with Crippen molar-refractivity contribution in [1.82, 2.24) is 10.6 Å². The highest BCUT2D eigenvalue weighted by atomic mass is 16.5. The van der Waals surface area contributed by atoms with Crippen LogP contribution in [0.5, 0.6) is 0 Å². The number of guanidine groups is 1. The molecule has 1 saturated heterocycles. The molecule has 2 heterocycles. The van der Waals surface area contributed by atoms with Crippen LogP contribution in [0.4, 0.5) is 0 Å². The van der Waals surface area contributed by atoms with Gasteiger partial charge in [0.1, 0.15) is 5.76 Å². The maximum Gasteiger partial charge on any atom is 0.191 e. The van der Waals surface area contributed by atoms with E-state index in [9.17, 15) is 0 Å². The Bertz CT molecular complexity index is 682. The van der Waals surface area contributed by atoms with Crippen molar-refractivity contribution >= 4 is 5.96 Å². The Labute approximate surface area is 167 Å². The van der Waals surface area contributed by atoms with E-state index in [1.165, 1.54) is 5.56 Å². The van der Waals surface area contributed by atoms with Gasteiger partial charge in [-0.15, -0.1) is 0 Å². The monoisotopic (exact) mass is 385 g/mol. The second-order valence-electron chi connectivity index (χ2n) is 6.97. The van der Waals surface area contributed by atoms with Gasteiger partial charge < -0.3 is 24.5 Å². The smallest absolute Gasteiger partial charge is 0.191 e. The lowest BCUT2D eigenvalue weighted by molar-refractivity contribution is 0.0424. The van der Waals surface area contributed by atoms with Gasteiger partial charge >= 0.3 is 0 Å². The van der Waals surface area contributed by atoms with Gasteiger partial charge in [0.05, 0.1) is 25.0 Å². The first-order chi connectivity index (χ1) is 13.8. The highest BCUT2D eigenvalue weighted by Crippen LogP contribution is 2.11. The summed E-state index contributed by atoms with van der Waals surface area (Å²) in [6, 6.07) is 14.5. The molecule has 2 atom stereocenters. The molecule has 0 amide bonds. The van der Waals surface area contributed by atoms with E-state index in [1.807, 2.05) is 18.2 Å². The van der Waals surface area contributed by atoms with E-state index in [0.717, 1.165) is 50.7 Å². The fraction of sp³-hybridized carbons (Fsp3) is 0.500. The summed E-state index contributed by atoms with van der Waals surface area (Å²) >= 11 is 0. The predicted molar refractivity (Wildman–Crippen MR) is 111 cm³/mol. The second kappa shape index (κ2) is 11.5. The fourth-order valence-corrected chi connectivity index (χ4v) is 3.09. The third-order valence-electron chi connectivity index (χ3n) is 4.71. The van der Waals surface area contributed by atoms with E-state index in [-0.39, 0.29) is 12.1 Å². The fourth-order valence-electron chi connectivity index (χ4n) is 3.09. The first-order valence-corrected chi connectivity index (χ1v) is 10.1. The van der Waals surface area contributed by atoms with Crippen molar-refractivity contribution in [3.8, 4) is 0 Å². The summed E-state index contributed by atoms with van der Waals surface area (Å²) < 4.78 is 16.6. The first-order valence-electron chi connectivity index (χ1n) is 10.1. The van der Waals surface area contributed by atoms with Crippen molar-refractivity contribution in [3.05, 3.63) is 60.1 Å². The van der Waals surface area contributed by atoms with Crippen LogP contribution in [0.1, 0.15) is 37.1 Å². The lowest BCUT2D eigenvalue weighted by atomic mass is 10.1. The molecule has 0 radical (unpaired) electrons. The number of benzene rings is 1. The largest absolute Gasteiger partial charge is 0.469 e. The van der Waals surface area contributed by atoms with Crippen molar-refractivity contribution in [2.45, 2.75) is 38.3 Å². The Balaban J connectivity index is 1.47. The average molecular weight is 386 g/mol. The van der Waals surface area contributed by atoms with Crippen molar-refractivity contribution in [2.24, 2.45) is 4.99 Å². The first kappa shape index (κ1) is 20.4. The average Bonchev–Trinajstić information content (AvgIpc) is 3.42. The van der Waals surface area contributed by atoms with E-state index in [4.69, 9.17) is 18.9 Å². The number of hydrogen-bond donors (Lipinski definition) is 2. The number of ether oxygens (including phenoxy) is 2. The van der Waals surface area contributed by atoms with E-state index in [2.05, 4.69) is 41.8 Å². The zero-order chi connectivity index (χ0) is 19.4. The molecule has 2 aromatic rings. The number of rotatable bonds is 10.